The van der Waals surface area contributed by atoms with Crippen LogP contribution in [0.2, 0.25) is 0 Å². The Bertz CT molecular complexity index is 1030. The molecule has 0 aromatic carbocycles. The topological polar surface area (TPSA) is 249 Å². The van der Waals surface area contributed by atoms with E-state index < -0.39 is 24.5 Å². The lowest BCUT2D eigenvalue weighted by atomic mass is 10.1. The molecule has 0 radical (unpaired) electrons. The molecule has 1 unspecified atom stereocenters. The zero-order chi connectivity index (χ0) is 38.7. The molecule has 300 valence electrons. The molecule has 0 spiro atoms. The quantitative estimate of drug-likeness (QED) is 0.0407. The number of hydrogen-bond acceptors (Lipinski definition) is 11. The molecule has 18 heteroatoms. The van der Waals surface area contributed by atoms with Crippen molar-refractivity contribution in [3.63, 3.8) is 0 Å². The number of aliphatic carboxylic acids is 1. The van der Waals surface area contributed by atoms with Gasteiger partial charge in [-0.15, -0.1) is 0 Å². The van der Waals surface area contributed by atoms with Gasteiger partial charge in [-0.05, 0) is 32.1 Å². The van der Waals surface area contributed by atoms with Crippen LogP contribution in [0.4, 0.5) is 0 Å². The molecule has 52 heavy (non-hydrogen) atoms. The summed E-state index contributed by atoms with van der Waals surface area (Å²) in [6, 6.07) is -1.26. The van der Waals surface area contributed by atoms with Crippen LogP contribution in [0.5, 0.6) is 0 Å². The van der Waals surface area contributed by atoms with Gasteiger partial charge in [0, 0.05) is 58.4 Å². The van der Waals surface area contributed by atoms with Crippen LogP contribution in [0.25, 0.3) is 0 Å². The van der Waals surface area contributed by atoms with Crippen molar-refractivity contribution in [2.24, 2.45) is 0 Å². The van der Waals surface area contributed by atoms with E-state index in [0.29, 0.717) is 51.9 Å². The highest BCUT2D eigenvalue weighted by atomic mass is 16.5. The number of amides is 6. The van der Waals surface area contributed by atoms with Crippen LogP contribution >= 0.6 is 0 Å². The highest BCUT2D eigenvalue weighted by Crippen LogP contribution is 2.00. The molecule has 0 saturated heterocycles. The van der Waals surface area contributed by atoms with Crippen LogP contribution in [-0.4, -0.2) is 138 Å². The van der Waals surface area contributed by atoms with Gasteiger partial charge in [-0.3, -0.25) is 28.8 Å². The lowest BCUT2D eigenvalue weighted by Gasteiger charge is -2.14. The zero-order valence-electron chi connectivity index (χ0n) is 31.0. The summed E-state index contributed by atoms with van der Waals surface area (Å²) in [5.74, 6) is -2.83. The number of carboxylic acid groups (broad SMARTS) is 1. The third-order valence-electron chi connectivity index (χ3n) is 7.06. The fourth-order valence-corrected chi connectivity index (χ4v) is 4.16. The predicted octanol–water partition coefficient (Wildman–Crippen LogP) is -0.466. The Labute approximate surface area is 306 Å². The third kappa shape index (κ3) is 32.1. The average Bonchev–Trinajstić information content (AvgIpc) is 3.11. The zero-order valence-corrected chi connectivity index (χ0v) is 31.0. The van der Waals surface area contributed by atoms with Crippen molar-refractivity contribution in [3.05, 3.63) is 0 Å². The van der Waals surface area contributed by atoms with E-state index in [-0.39, 0.29) is 102 Å². The van der Waals surface area contributed by atoms with Crippen LogP contribution < -0.4 is 31.9 Å². The molecule has 0 saturated carbocycles. The van der Waals surface area contributed by atoms with E-state index in [1.54, 1.807) is 0 Å². The normalized spacial score (nSPS) is 11.3. The average molecular weight is 747 g/mol. The molecule has 0 aliphatic carbocycles. The van der Waals surface area contributed by atoms with Crippen LogP contribution in [0.15, 0.2) is 0 Å². The van der Waals surface area contributed by atoms with Crippen molar-refractivity contribution in [2.45, 2.75) is 90.5 Å². The molecule has 0 rings (SSSR count). The van der Waals surface area contributed by atoms with Crippen LogP contribution in [0.3, 0.4) is 0 Å². The molecule has 18 nitrogen and oxygen atoms in total. The van der Waals surface area contributed by atoms with E-state index in [1.165, 1.54) is 0 Å². The summed E-state index contributed by atoms with van der Waals surface area (Å²) in [6.07, 6.45) is 5.62. The molecule has 1 atom stereocenters. The Morgan fingerprint density at radius 2 is 0.865 bits per heavy atom. The van der Waals surface area contributed by atoms with E-state index in [0.717, 1.165) is 25.7 Å². The van der Waals surface area contributed by atoms with Gasteiger partial charge in [0.15, 0.2) is 0 Å². The Balaban J connectivity index is 3.71. The van der Waals surface area contributed by atoms with E-state index in [1.807, 2.05) is 13.8 Å². The Morgan fingerprint density at radius 3 is 1.37 bits per heavy atom. The van der Waals surface area contributed by atoms with Crippen molar-refractivity contribution in [1.29, 1.82) is 0 Å². The first kappa shape index (κ1) is 48.1. The molecule has 6 amide bonds. The van der Waals surface area contributed by atoms with Crippen molar-refractivity contribution in [2.75, 3.05) is 85.6 Å². The Hall–Kier alpha value is -3.87. The summed E-state index contributed by atoms with van der Waals surface area (Å²) < 4.78 is 21.1. The number of carbonyl (C=O) groups excluding carboxylic acids is 6. The summed E-state index contributed by atoms with van der Waals surface area (Å²) in [6.45, 7) is 6.59. The lowest BCUT2D eigenvalue weighted by Crippen LogP contribution is -2.43. The minimum Gasteiger partial charge on any atom is -0.480 e. The van der Waals surface area contributed by atoms with E-state index in [4.69, 9.17) is 18.9 Å². The maximum atomic E-state index is 12.1. The van der Waals surface area contributed by atoms with Crippen molar-refractivity contribution in [1.82, 2.24) is 31.9 Å². The first-order valence-electron chi connectivity index (χ1n) is 18.3. The van der Waals surface area contributed by atoms with Gasteiger partial charge < -0.3 is 56.0 Å². The molecule has 0 aromatic rings. The van der Waals surface area contributed by atoms with Gasteiger partial charge in [-0.1, -0.05) is 26.7 Å². The van der Waals surface area contributed by atoms with Crippen molar-refractivity contribution >= 4 is 41.4 Å². The SMILES string of the molecule is CCCCNC(=O)CCCNC(=O)CCC(NC(=O)COCCOCCNC(=O)COCCOCCNC(=O)CCCNC(=O)CCCC)C(=O)O. The second kappa shape index (κ2) is 34.2. The second-order valence-electron chi connectivity index (χ2n) is 11.7. The Kier molecular flexibility index (Phi) is 31.7. The number of ether oxygens (including phenoxy) is 4. The molecular formula is C34H62N6O12. The fourth-order valence-electron chi connectivity index (χ4n) is 4.16. The number of unbranched alkanes of at least 4 members (excludes halogenated alkanes) is 2. The number of hydrogen-bond donors (Lipinski definition) is 7. The minimum atomic E-state index is -1.28. The molecule has 0 aromatic heterocycles. The predicted molar refractivity (Wildman–Crippen MR) is 190 cm³/mol. The highest BCUT2D eigenvalue weighted by Gasteiger charge is 2.21. The molecular weight excluding hydrogens is 684 g/mol. The number of carboxylic acids is 1. The first-order chi connectivity index (χ1) is 25.1. The molecule has 0 bridgehead atoms. The molecule has 7 N–H and O–H groups in total. The molecule has 0 aliphatic heterocycles. The standard InChI is InChI=1S/C34H62N6O12/c1-3-5-9-28(41)36-15-8-11-30(43)38-17-19-49-21-23-51-25-32(45)39-18-20-50-22-24-52-26-33(46)40-27(34(47)48)12-13-31(44)37-16-7-10-29(42)35-14-6-4-2/h27H,3-26H2,1-2H3,(H,35,42)(H,36,41)(H,37,44)(H,38,43)(H,39,45)(H,40,46)(H,47,48). The fraction of sp³-hybridized carbons (Fsp3) is 0.794. The summed E-state index contributed by atoms with van der Waals surface area (Å²) in [5, 5.41) is 25.3. The number of nitrogens with one attached hydrogen (secondary N) is 6. The maximum absolute atomic E-state index is 12.1. The largest absolute Gasteiger partial charge is 0.480 e. The van der Waals surface area contributed by atoms with Crippen LogP contribution in [0, 0.1) is 0 Å². The summed E-state index contributed by atoms with van der Waals surface area (Å²) >= 11 is 0. The summed E-state index contributed by atoms with van der Waals surface area (Å²) in [7, 11) is 0. The molecule has 0 heterocycles. The van der Waals surface area contributed by atoms with Crippen LogP contribution in [0.1, 0.15) is 84.5 Å². The highest BCUT2D eigenvalue weighted by molar-refractivity contribution is 5.85. The van der Waals surface area contributed by atoms with Gasteiger partial charge in [-0.25, -0.2) is 4.79 Å². The lowest BCUT2D eigenvalue weighted by molar-refractivity contribution is -0.143. The van der Waals surface area contributed by atoms with Crippen molar-refractivity contribution in [3.8, 4) is 0 Å². The summed E-state index contributed by atoms with van der Waals surface area (Å²) in [5.41, 5.74) is 0. The van der Waals surface area contributed by atoms with Gasteiger partial charge in [0.05, 0.1) is 39.6 Å². The first-order valence-corrected chi connectivity index (χ1v) is 18.3. The third-order valence-corrected chi connectivity index (χ3v) is 7.06. The van der Waals surface area contributed by atoms with E-state index in [9.17, 15) is 38.7 Å². The van der Waals surface area contributed by atoms with Gasteiger partial charge in [0.1, 0.15) is 19.3 Å². The van der Waals surface area contributed by atoms with Gasteiger partial charge in [0.25, 0.3) is 0 Å². The van der Waals surface area contributed by atoms with Crippen molar-refractivity contribution < 1.29 is 57.6 Å². The smallest absolute Gasteiger partial charge is 0.326 e. The molecule has 0 aliphatic rings. The van der Waals surface area contributed by atoms with E-state index in [2.05, 4.69) is 31.9 Å². The number of carbonyl (C=O) groups is 7. The van der Waals surface area contributed by atoms with Gasteiger partial charge in [-0.2, -0.15) is 0 Å². The van der Waals surface area contributed by atoms with Crippen LogP contribution in [-0.2, 0) is 52.5 Å². The number of rotatable bonds is 35. The van der Waals surface area contributed by atoms with E-state index >= 15 is 0 Å². The maximum Gasteiger partial charge on any atom is 0.326 e. The monoisotopic (exact) mass is 746 g/mol. The Morgan fingerprint density at radius 1 is 0.462 bits per heavy atom. The second-order valence-corrected chi connectivity index (χ2v) is 11.7. The van der Waals surface area contributed by atoms with Gasteiger partial charge in [0.2, 0.25) is 35.4 Å². The minimum absolute atomic E-state index is 0.00762. The molecule has 0 fully saturated rings. The summed E-state index contributed by atoms with van der Waals surface area (Å²) in [4.78, 5) is 82.5. The van der Waals surface area contributed by atoms with Gasteiger partial charge >= 0.3 is 5.97 Å².